The molecule has 2 aromatic carbocycles. The average molecular weight is 352 g/mol. The van der Waals surface area contributed by atoms with Crippen LogP contribution in [0.15, 0.2) is 46.9 Å². The molecular formula is C17H19BrFNO. The summed E-state index contributed by atoms with van der Waals surface area (Å²) in [6.07, 6.45) is 0.481. The lowest BCUT2D eigenvalue weighted by Gasteiger charge is -2.26. The zero-order chi connectivity index (χ0) is 15.4. The van der Waals surface area contributed by atoms with Crippen molar-refractivity contribution in [2.24, 2.45) is 5.73 Å². The number of ether oxygens (including phenoxy) is 1. The molecule has 2 atom stereocenters. The molecule has 2 unspecified atom stereocenters. The highest BCUT2D eigenvalue weighted by Crippen LogP contribution is 2.29. The molecule has 2 rings (SSSR count). The van der Waals surface area contributed by atoms with Crippen LogP contribution in [-0.2, 0) is 0 Å². The van der Waals surface area contributed by atoms with Crippen LogP contribution in [-0.4, -0.2) is 6.04 Å². The second kappa shape index (κ2) is 7.05. The number of rotatable bonds is 5. The molecule has 2 N–H and O–H groups in total. The van der Waals surface area contributed by atoms with E-state index in [0.717, 1.165) is 17.5 Å². The molecule has 0 aliphatic carbocycles. The summed E-state index contributed by atoms with van der Waals surface area (Å²) < 4.78 is 20.0. The molecule has 0 fully saturated rings. The van der Waals surface area contributed by atoms with Gasteiger partial charge >= 0.3 is 0 Å². The smallest absolute Gasteiger partial charge is 0.141 e. The molecule has 0 amide bonds. The van der Waals surface area contributed by atoms with Gasteiger partial charge in [-0.2, -0.15) is 0 Å². The first-order chi connectivity index (χ1) is 10.0. The molecule has 0 aromatic heterocycles. The maximum Gasteiger partial charge on any atom is 0.141 e. The Hall–Kier alpha value is -1.39. The largest absolute Gasteiger partial charge is 0.484 e. The Morgan fingerprint density at radius 3 is 2.57 bits per heavy atom. The van der Waals surface area contributed by atoms with Crippen molar-refractivity contribution in [2.45, 2.75) is 32.4 Å². The van der Waals surface area contributed by atoms with Gasteiger partial charge in [-0.15, -0.1) is 0 Å². The predicted octanol–water partition coefficient (Wildman–Crippen LogP) is 4.75. The normalized spacial score (nSPS) is 13.8. The Morgan fingerprint density at radius 1 is 1.24 bits per heavy atom. The van der Waals surface area contributed by atoms with Crippen LogP contribution in [0.2, 0.25) is 0 Å². The van der Waals surface area contributed by atoms with E-state index in [1.165, 1.54) is 6.07 Å². The van der Waals surface area contributed by atoms with Crippen LogP contribution in [0.25, 0.3) is 0 Å². The molecule has 0 aliphatic heterocycles. The lowest BCUT2D eigenvalue weighted by Crippen LogP contribution is -2.32. The molecule has 0 heterocycles. The average Bonchev–Trinajstić information content (AvgIpc) is 2.48. The van der Waals surface area contributed by atoms with E-state index in [2.05, 4.69) is 15.9 Å². The van der Waals surface area contributed by atoms with Crippen LogP contribution < -0.4 is 10.5 Å². The summed E-state index contributed by atoms with van der Waals surface area (Å²) in [6.45, 7) is 4.04. The third-order valence-electron chi connectivity index (χ3n) is 3.51. The highest BCUT2D eigenvalue weighted by atomic mass is 79.9. The third kappa shape index (κ3) is 3.83. The van der Waals surface area contributed by atoms with Gasteiger partial charge in [-0.3, -0.25) is 0 Å². The van der Waals surface area contributed by atoms with Crippen molar-refractivity contribution in [3.05, 3.63) is 63.9 Å². The van der Waals surface area contributed by atoms with E-state index >= 15 is 0 Å². The van der Waals surface area contributed by atoms with Crippen LogP contribution in [0, 0.1) is 12.7 Å². The molecule has 0 bridgehead atoms. The first-order valence-corrected chi connectivity index (χ1v) is 7.75. The Kier molecular flexibility index (Phi) is 5.37. The Bertz CT molecular complexity index is 617. The Balaban J connectivity index is 2.33. The highest BCUT2D eigenvalue weighted by molar-refractivity contribution is 9.10. The number of aryl methyl sites for hydroxylation is 1. The molecule has 0 aliphatic rings. The molecule has 0 saturated carbocycles. The van der Waals surface area contributed by atoms with Crippen molar-refractivity contribution in [1.29, 1.82) is 0 Å². The van der Waals surface area contributed by atoms with Crippen LogP contribution >= 0.6 is 15.9 Å². The van der Waals surface area contributed by atoms with Gasteiger partial charge in [0.2, 0.25) is 0 Å². The minimum Gasteiger partial charge on any atom is -0.484 e. The van der Waals surface area contributed by atoms with Gasteiger partial charge in [0.25, 0.3) is 0 Å². The van der Waals surface area contributed by atoms with Crippen molar-refractivity contribution in [1.82, 2.24) is 0 Å². The second-order valence-corrected chi connectivity index (χ2v) is 5.90. The fourth-order valence-electron chi connectivity index (χ4n) is 2.20. The van der Waals surface area contributed by atoms with Crippen molar-refractivity contribution in [3.8, 4) is 5.75 Å². The van der Waals surface area contributed by atoms with Gasteiger partial charge in [0.05, 0.1) is 4.47 Å². The first kappa shape index (κ1) is 16.0. The number of benzene rings is 2. The molecule has 21 heavy (non-hydrogen) atoms. The zero-order valence-corrected chi connectivity index (χ0v) is 13.7. The van der Waals surface area contributed by atoms with Gasteiger partial charge < -0.3 is 10.5 Å². The monoisotopic (exact) mass is 351 g/mol. The lowest BCUT2D eigenvalue weighted by atomic mass is 9.97. The van der Waals surface area contributed by atoms with Crippen LogP contribution in [0.4, 0.5) is 4.39 Å². The standard InChI is InChI=1S/C17H19BrFNO/c1-3-16(20)17(13-7-5-4-6-11(13)2)21-12-8-9-14(18)15(19)10-12/h4-10,16-17H,3,20H2,1-2H3. The summed E-state index contributed by atoms with van der Waals surface area (Å²) in [5.74, 6) is 0.133. The van der Waals surface area contributed by atoms with E-state index in [4.69, 9.17) is 10.5 Å². The van der Waals surface area contributed by atoms with Gasteiger partial charge in [-0.1, -0.05) is 31.2 Å². The zero-order valence-electron chi connectivity index (χ0n) is 12.1. The van der Waals surface area contributed by atoms with Gasteiger partial charge in [0, 0.05) is 12.1 Å². The van der Waals surface area contributed by atoms with Gasteiger partial charge in [-0.05, 0) is 52.5 Å². The van der Waals surface area contributed by atoms with E-state index in [0.29, 0.717) is 10.2 Å². The predicted molar refractivity (Wildman–Crippen MR) is 86.9 cm³/mol. The molecule has 0 spiro atoms. The number of hydrogen-bond acceptors (Lipinski definition) is 2. The molecule has 0 saturated heterocycles. The summed E-state index contributed by atoms with van der Waals surface area (Å²) >= 11 is 3.14. The maximum atomic E-state index is 13.6. The number of halogens is 2. The van der Waals surface area contributed by atoms with Gasteiger partial charge in [-0.25, -0.2) is 4.39 Å². The summed E-state index contributed by atoms with van der Waals surface area (Å²) in [5, 5.41) is 0. The number of hydrogen-bond donors (Lipinski definition) is 1. The maximum absolute atomic E-state index is 13.6. The summed E-state index contributed by atoms with van der Waals surface area (Å²) in [4.78, 5) is 0. The summed E-state index contributed by atoms with van der Waals surface area (Å²) in [7, 11) is 0. The highest BCUT2D eigenvalue weighted by Gasteiger charge is 2.22. The van der Waals surface area contributed by atoms with E-state index < -0.39 is 0 Å². The number of nitrogens with two attached hydrogens (primary N) is 1. The summed E-state index contributed by atoms with van der Waals surface area (Å²) in [5.41, 5.74) is 8.36. The molecule has 2 nitrogen and oxygen atoms in total. The van der Waals surface area contributed by atoms with Crippen molar-refractivity contribution < 1.29 is 9.13 Å². The fraction of sp³-hybridized carbons (Fsp3) is 0.294. The minimum atomic E-state index is -0.346. The molecular weight excluding hydrogens is 333 g/mol. The van der Waals surface area contributed by atoms with Crippen molar-refractivity contribution in [2.75, 3.05) is 0 Å². The molecule has 112 valence electrons. The molecule has 4 heteroatoms. The third-order valence-corrected chi connectivity index (χ3v) is 4.15. The van der Waals surface area contributed by atoms with E-state index in [1.807, 2.05) is 38.1 Å². The lowest BCUT2D eigenvalue weighted by molar-refractivity contribution is 0.169. The Morgan fingerprint density at radius 2 is 1.95 bits per heavy atom. The minimum absolute atomic E-state index is 0.155. The topological polar surface area (TPSA) is 35.2 Å². The van der Waals surface area contributed by atoms with Crippen LogP contribution in [0.1, 0.15) is 30.6 Å². The SMILES string of the molecule is CCC(N)C(Oc1ccc(Br)c(F)c1)c1ccccc1C. The van der Waals surface area contributed by atoms with E-state index in [9.17, 15) is 4.39 Å². The van der Waals surface area contributed by atoms with Gasteiger partial charge in [0.15, 0.2) is 0 Å². The van der Waals surface area contributed by atoms with E-state index in [-0.39, 0.29) is 18.0 Å². The molecule has 0 radical (unpaired) electrons. The quantitative estimate of drug-likeness (QED) is 0.843. The summed E-state index contributed by atoms with van der Waals surface area (Å²) in [6, 6.07) is 12.6. The van der Waals surface area contributed by atoms with Crippen LogP contribution in [0.5, 0.6) is 5.75 Å². The van der Waals surface area contributed by atoms with Crippen LogP contribution in [0.3, 0.4) is 0 Å². The van der Waals surface area contributed by atoms with Crippen molar-refractivity contribution >= 4 is 15.9 Å². The first-order valence-electron chi connectivity index (χ1n) is 6.95. The Labute approximate surface area is 133 Å². The second-order valence-electron chi connectivity index (χ2n) is 5.04. The van der Waals surface area contributed by atoms with E-state index in [1.54, 1.807) is 12.1 Å². The van der Waals surface area contributed by atoms with Gasteiger partial charge in [0.1, 0.15) is 17.7 Å². The molecule has 2 aromatic rings. The van der Waals surface area contributed by atoms with Crippen molar-refractivity contribution in [3.63, 3.8) is 0 Å². The fourth-order valence-corrected chi connectivity index (χ4v) is 2.45.